The highest BCUT2D eigenvalue weighted by molar-refractivity contribution is 7.92. The zero-order chi connectivity index (χ0) is 29.7. The van der Waals surface area contributed by atoms with E-state index in [1.165, 1.54) is 35.2 Å². The van der Waals surface area contributed by atoms with Crippen LogP contribution in [0.25, 0.3) is 6.08 Å². The predicted molar refractivity (Wildman–Crippen MR) is 164 cm³/mol. The Morgan fingerprint density at radius 3 is 2.43 bits per heavy atom. The third kappa shape index (κ3) is 8.25. The van der Waals surface area contributed by atoms with Gasteiger partial charge in [0.05, 0.1) is 10.9 Å². The summed E-state index contributed by atoms with van der Waals surface area (Å²) in [6.07, 6.45) is 8.78. The molecule has 0 unspecified atom stereocenters. The van der Waals surface area contributed by atoms with Gasteiger partial charge < -0.3 is 20.0 Å². The second-order valence-corrected chi connectivity index (χ2v) is 15.0. The van der Waals surface area contributed by atoms with Crippen molar-refractivity contribution in [3.8, 4) is 0 Å². The van der Waals surface area contributed by atoms with Crippen LogP contribution in [0.15, 0.2) is 17.5 Å². The highest BCUT2D eigenvalue weighted by atomic mass is 35.5. The highest BCUT2D eigenvalue weighted by Crippen LogP contribution is 2.24. The molecular formula is C28H41ClN6O5S2. The van der Waals surface area contributed by atoms with E-state index in [0.29, 0.717) is 54.3 Å². The quantitative estimate of drug-likeness (QED) is 0.428. The third-order valence-electron chi connectivity index (χ3n) is 8.68. The van der Waals surface area contributed by atoms with Gasteiger partial charge in [-0.2, -0.15) is 4.72 Å². The van der Waals surface area contributed by atoms with E-state index in [4.69, 9.17) is 11.6 Å². The summed E-state index contributed by atoms with van der Waals surface area (Å²) >= 11 is 7.17. The summed E-state index contributed by atoms with van der Waals surface area (Å²) in [5, 5.41) is 4.21. The van der Waals surface area contributed by atoms with Crippen LogP contribution >= 0.6 is 22.9 Å². The Morgan fingerprint density at radius 2 is 1.71 bits per heavy atom. The van der Waals surface area contributed by atoms with Crippen molar-refractivity contribution >= 4 is 56.9 Å². The molecule has 4 aliphatic rings. The van der Waals surface area contributed by atoms with Crippen LogP contribution in [0.1, 0.15) is 56.2 Å². The van der Waals surface area contributed by atoms with Gasteiger partial charge in [0.2, 0.25) is 21.8 Å². The second kappa shape index (κ2) is 14.1. The number of piperidine rings is 1. The van der Waals surface area contributed by atoms with E-state index in [9.17, 15) is 22.8 Å². The van der Waals surface area contributed by atoms with Crippen molar-refractivity contribution in [3.05, 3.63) is 26.8 Å². The van der Waals surface area contributed by atoms with E-state index >= 15 is 0 Å². The maximum Gasteiger partial charge on any atom is 0.317 e. The van der Waals surface area contributed by atoms with Gasteiger partial charge in [-0.1, -0.05) is 24.4 Å². The van der Waals surface area contributed by atoms with Gasteiger partial charge in [-0.25, -0.2) is 13.2 Å². The molecule has 0 radical (unpaired) electrons. The van der Waals surface area contributed by atoms with Gasteiger partial charge in [-0.05, 0) is 56.7 Å². The molecule has 11 nitrogen and oxygen atoms in total. The molecule has 1 aromatic heterocycles. The minimum absolute atomic E-state index is 0.0365. The van der Waals surface area contributed by atoms with E-state index < -0.39 is 16.1 Å². The number of likely N-dealkylation sites (tertiary alicyclic amines) is 2. The van der Waals surface area contributed by atoms with Crippen molar-refractivity contribution in [1.29, 1.82) is 0 Å². The number of hydrogen-bond acceptors (Lipinski definition) is 7. The molecule has 4 amide bonds. The summed E-state index contributed by atoms with van der Waals surface area (Å²) in [6.45, 7) is 4.69. The number of rotatable bonds is 9. The van der Waals surface area contributed by atoms with E-state index in [0.717, 1.165) is 50.7 Å². The number of amides is 4. The Labute approximate surface area is 257 Å². The zero-order valence-corrected chi connectivity index (χ0v) is 26.3. The molecule has 14 heteroatoms. The van der Waals surface area contributed by atoms with Crippen LogP contribution < -0.4 is 10.0 Å². The van der Waals surface area contributed by atoms with E-state index in [1.54, 1.807) is 12.1 Å². The van der Waals surface area contributed by atoms with E-state index in [2.05, 4.69) is 14.9 Å². The third-order valence-corrected chi connectivity index (χ3v) is 11.0. The second-order valence-electron chi connectivity index (χ2n) is 11.7. The van der Waals surface area contributed by atoms with Crippen LogP contribution in [0.4, 0.5) is 4.79 Å². The number of nitrogens with zero attached hydrogens (tertiary/aromatic N) is 4. The Balaban J connectivity index is 1.08. The van der Waals surface area contributed by atoms with Gasteiger partial charge in [0.1, 0.15) is 6.04 Å². The van der Waals surface area contributed by atoms with Gasteiger partial charge in [0, 0.05) is 68.2 Å². The lowest BCUT2D eigenvalue weighted by Gasteiger charge is -2.38. The molecule has 0 bridgehead atoms. The minimum atomic E-state index is -3.86. The number of carbonyl (C=O) groups excluding carboxylic acids is 3. The van der Waals surface area contributed by atoms with Crippen molar-refractivity contribution < 1.29 is 22.8 Å². The number of urea groups is 1. The standard InChI is InChI=1S/C28H41ClN6O5S2/c29-25-10-9-23(41-25)11-18-42(39,40)31-24-8-4-12-34(27(24)37)20-26(36)35-13-3-7-22(35)19-32-14-16-33(17-15-32)28(38)30-21-5-1-2-6-21/h9-11,18,21-22,24,31H,1-8,12-17,19-20H2,(H,30,38)/t22-,24-/m0/s1. The van der Waals surface area contributed by atoms with Gasteiger partial charge in [0.15, 0.2) is 0 Å². The number of carbonyl (C=O) groups is 3. The maximum atomic E-state index is 13.4. The number of nitrogens with one attached hydrogen (secondary N) is 2. The molecule has 42 heavy (non-hydrogen) atoms. The topological polar surface area (TPSA) is 122 Å². The molecule has 0 spiro atoms. The molecule has 5 rings (SSSR count). The van der Waals surface area contributed by atoms with Crippen LogP contribution in [-0.4, -0.2) is 116 Å². The summed E-state index contributed by atoms with van der Waals surface area (Å²) < 4.78 is 28.3. The normalized spacial score (nSPS) is 24.7. The molecule has 0 aromatic carbocycles. The lowest BCUT2D eigenvalue weighted by atomic mass is 10.1. The molecule has 232 valence electrons. The highest BCUT2D eigenvalue weighted by Gasteiger charge is 2.36. The molecule has 1 aliphatic carbocycles. The molecule has 4 heterocycles. The molecule has 3 aliphatic heterocycles. The largest absolute Gasteiger partial charge is 0.337 e. The summed E-state index contributed by atoms with van der Waals surface area (Å²) in [7, 11) is -3.86. The average molecular weight is 641 g/mol. The number of thiophene rings is 1. The Bertz CT molecular complexity index is 1260. The first kappa shape index (κ1) is 31.2. The predicted octanol–water partition coefficient (Wildman–Crippen LogP) is 2.54. The Hall–Kier alpha value is -2.19. The summed E-state index contributed by atoms with van der Waals surface area (Å²) in [5.41, 5.74) is 0. The summed E-state index contributed by atoms with van der Waals surface area (Å²) in [5.74, 6) is -0.466. The van der Waals surface area contributed by atoms with Crippen molar-refractivity contribution in [2.45, 2.75) is 69.5 Å². The maximum absolute atomic E-state index is 13.4. The van der Waals surface area contributed by atoms with E-state index in [1.807, 2.05) is 9.80 Å². The van der Waals surface area contributed by atoms with Crippen molar-refractivity contribution in [2.75, 3.05) is 52.4 Å². The lowest BCUT2D eigenvalue weighted by molar-refractivity contribution is -0.143. The number of piperazine rings is 1. The first-order valence-corrected chi connectivity index (χ1v) is 17.7. The molecule has 1 saturated carbocycles. The Morgan fingerprint density at radius 1 is 0.976 bits per heavy atom. The Kier molecular flexibility index (Phi) is 10.5. The van der Waals surface area contributed by atoms with Gasteiger partial charge in [-0.3, -0.25) is 14.5 Å². The van der Waals surface area contributed by atoms with Crippen LogP contribution in [-0.2, 0) is 19.6 Å². The molecule has 2 atom stereocenters. The number of halogens is 1. The van der Waals surface area contributed by atoms with Crippen molar-refractivity contribution in [1.82, 2.24) is 29.6 Å². The smallest absolute Gasteiger partial charge is 0.317 e. The molecule has 4 fully saturated rings. The summed E-state index contributed by atoms with van der Waals surface area (Å²) in [4.78, 5) is 47.4. The van der Waals surface area contributed by atoms with Crippen molar-refractivity contribution in [2.24, 2.45) is 0 Å². The zero-order valence-electron chi connectivity index (χ0n) is 23.9. The van der Waals surface area contributed by atoms with Gasteiger partial charge >= 0.3 is 6.03 Å². The van der Waals surface area contributed by atoms with Gasteiger partial charge in [0.25, 0.3) is 0 Å². The minimum Gasteiger partial charge on any atom is -0.337 e. The van der Waals surface area contributed by atoms with Crippen molar-refractivity contribution in [3.63, 3.8) is 0 Å². The van der Waals surface area contributed by atoms with Crippen LogP contribution in [0.2, 0.25) is 4.34 Å². The fourth-order valence-electron chi connectivity index (χ4n) is 6.39. The lowest BCUT2D eigenvalue weighted by Crippen LogP contribution is -2.56. The first-order chi connectivity index (χ1) is 20.2. The molecule has 2 N–H and O–H groups in total. The van der Waals surface area contributed by atoms with Crippen LogP contribution in [0, 0.1) is 0 Å². The van der Waals surface area contributed by atoms with E-state index in [-0.39, 0.29) is 30.4 Å². The molecule has 3 saturated heterocycles. The van der Waals surface area contributed by atoms with Crippen LogP contribution in [0.3, 0.4) is 0 Å². The number of sulfonamides is 1. The SMILES string of the molecule is O=C(NC1CCCC1)N1CCN(C[C@@H]2CCCN2C(=O)CN2CCC[C@H](NS(=O)(=O)C=Cc3ccc(Cl)s3)C2=O)CC1. The fourth-order valence-corrected chi connectivity index (χ4v) is 8.46. The monoisotopic (exact) mass is 640 g/mol. The molecule has 1 aromatic rings. The number of hydrogen-bond donors (Lipinski definition) is 2. The molecular weight excluding hydrogens is 600 g/mol. The average Bonchev–Trinajstić information content (AvgIpc) is 3.73. The summed E-state index contributed by atoms with van der Waals surface area (Å²) in [6, 6.07) is 2.93. The van der Waals surface area contributed by atoms with Crippen LogP contribution in [0.5, 0.6) is 0 Å². The van der Waals surface area contributed by atoms with Gasteiger partial charge in [-0.15, -0.1) is 11.3 Å². The first-order valence-electron chi connectivity index (χ1n) is 15.0. The fraction of sp³-hybridized carbons (Fsp3) is 0.679.